The summed E-state index contributed by atoms with van der Waals surface area (Å²) in [5.41, 5.74) is 0. The van der Waals surface area contributed by atoms with E-state index in [1.165, 1.54) is 12.1 Å². The van der Waals surface area contributed by atoms with E-state index in [4.69, 9.17) is 78.0 Å². The molecule has 3 rings (SSSR count). The van der Waals surface area contributed by atoms with Crippen molar-refractivity contribution >= 4 is 89.8 Å². The molecule has 1 aliphatic carbocycles. The molecule has 0 heterocycles. The van der Waals surface area contributed by atoms with Crippen molar-refractivity contribution in [3.63, 3.8) is 0 Å². The van der Waals surface area contributed by atoms with E-state index in [1.807, 2.05) is 0 Å². The maximum Gasteiger partial charge on any atom is 0.298 e. The molecule has 0 amide bonds. The standard InChI is InChI=1S/C18H14Cl6O6S2/c19-11-5-15(23)17(7-13(11)21)31(25,26)29-9-2-1-3-10(4-9)30-32(27,28)18-8-14(22)12(20)6-16(18)24/h5-10H,1-4H2. The van der Waals surface area contributed by atoms with Crippen molar-refractivity contribution in [2.24, 2.45) is 0 Å². The van der Waals surface area contributed by atoms with E-state index >= 15 is 0 Å². The average Bonchev–Trinajstić information content (AvgIpc) is 2.66. The molecule has 1 fully saturated rings. The van der Waals surface area contributed by atoms with Crippen molar-refractivity contribution < 1.29 is 25.2 Å². The quantitative estimate of drug-likeness (QED) is 0.261. The minimum absolute atomic E-state index is 0.00363. The van der Waals surface area contributed by atoms with Gasteiger partial charge in [-0.2, -0.15) is 16.8 Å². The molecule has 0 spiro atoms. The minimum Gasteiger partial charge on any atom is -0.263 e. The first kappa shape index (κ1) is 26.6. The molecule has 2 atom stereocenters. The molecule has 1 aliphatic rings. The molecule has 2 aromatic carbocycles. The molecule has 0 radical (unpaired) electrons. The van der Waals surface area contributed by atoms with E-state index in [0.717, 1.165) is 12.1 Å². The van der Waals surface area contributed by atoms with Crippen LogP contribution in [0.25, 0.3) is 0 Å². The van der Waals surface area contributed by atoms with Gasteiger partial charge >= 0.3 is 0 Å². The summed E-state index contributed by atoms with van der Waals surface area (Å²) in [6.45, 7) is 0. The Morgan fingerprint density at radius 3 is 1.31 bits per heavy atom. The lowest BCUT2D eigenvalue weighted by Crippen LogP contribution is -2.31. The molecule has 2 aromatic rings. The topological polar surface area (TPSA) is 86.7 Å². The molecular formula is C18H14Cl6O6S2. The van der Waals surface area contributed by atoms with Crippen LogP contribution in [0.5, 0.6) is 0 Å². The molecule has 176 valence electrons. The second kappa shape index (κ2) is 10.3. The number of benzene rings is 2. The van der Waals surface area contributed by atoms with E-state index in [2.05, 4.69) is 0 Å². The van der Waals surface area contributed by atoms with Crippen molar-refractivity contribution in [3.8, 4) is 0 Å². The largest absolute Gasteiger partial charge is 0.298 e. The molecular weight excluding hydrogens is 589 g/mol. The zero-order valence-electron chi connectivity index (χ0n) is 15.8. The van der Waals surface area contributed by atoms with Gasteiger partial charge in [-0.15, -0.1) is 0 Å². The molecule has 0 bridgehead atoms. The van der Waals surface area contributed by atoms with Gasteiger partial charge in [0.25, 0.3) is 20.2 Å². The molecule has 0 aliphatic heterocycles. The highest BCUT2D eigenvalue weighted by atomic mass is 35.5. The van der Waals surface area contributed by atoms with Crippen molar-refractivity contribution in [1.29, 1.82) is 0 Å². The highest BCUT2D eigenvalue weighted by Gasteiger charge is 2.33. The van der Waals surface area contributed by atoms with Crippen LogP contribution in [-0.4, -0.2) is 29.0 Å². The zero-order valence-corrected chi connectivity index (χ0v) is 22.0. The smallest absolute Gasteiger partial charge is 0.263 e. The second-order valence-corrected chi connectivity index (χ2v) is 12.4. The van der Waals surface area contributed by atoms with Crippen LogP contribution in [0.3, 0.4) is 0 Å². The number of hydrogen-bond donors (Lipinski definition) is 0. The van der Waals surface area contributed by atoms with E-state index in [1.54, 1.807) is 0 Å². The van der Waals surface area contributed by atoms with Gasteiger partial charge in [0.2, 0.25) is 0 Å². The Morgan fingerprint density at radius 2 is 0.938 bits per heavy atom. The van der Waals surface area contributed by atoms with E-state index in [-0.39, 0.29) is 46.3 Å². The van der Waals surface area contributed by atoms with Gasteiger partial charge in [0.05, 0.1) is 42.3 Å². The Balaban J connectivity index is 1.76. The summed E-state index contributed by atoms with van der Waals surface area (Å²) < 4.78 is 61.4. The summed E-state index contributed by atoms with van der Waals surface area (Å²) in [7, 11) is -8.60. The predicted octanol–water partition coefficient (Wildman–Crippen LogP) is 7.03. The van der Waals surface area contributed by atoms with E-state index < -0.39 is 32.4 Å². The van der Waals surface area contributed by atoms with Crippen molar-refractivity contribution in [3.05, 3.63) is 54.4 Å². The van der Waals surface area contributed by atoms with Gasteiger partial charge in [0.1, 0.15) is 9.79 Å². The first-order chi connectivity index (χ1) is 14.8. The average molecular weight is 603 g/mol. The number of halogens is 6. The number of rotatable bonds is 6. The fourth-order valence-electron chi connectivity index (χ4n) is 3.13. The maximum atomic E-state index is 12.7. The van der Waals surface area contributed by atoms with Gasteiger partial charge < -0.3 is 0 Å². The summed E-state index contributed by atoms with van der Waals surface area (Å²) in [6, 6.07) is 4.58. The molecule has 0 N–H and O–H groups in total. The minimum atomic E-state index is -4.30. The summed E-state index contributed by atoms with van der Waals surface area (Å²) in [4.78, 5) is -0.682. The van der Waals surface area contributed by atoms with Crippen LogP contribution in [0.15, 0.2) is 34.1 Å². The van der Waals surface area contributed by atoms with Crippen LogP contribution in [-0.2, 0) is 28.6 Å². The van der Waals surface area contributed by atoms with Crippen LogP contribution in [0.4, 0.5) is 0 Å². The predicted molar refractivity (Wildman–Crippen MR) is 126 cm³/mol. The number of hydrogen-bond acceptors (Lipinski definition) is 6. The van der Waals surface area contributed by atoms with Crippen molar-refractivity contribution in [2.45, 2.75) is 47.7 Å². The Hall–Kier alpha value is -0.000000000000000222. The molecule has 32 heavy (non-hydrogen) atoms. The maximum absolute atomic E-state index is 12.7. The van der Waals surface area contributed by atoms with E-state index in [0.29, 0.717) is 19.3 Å². The van der Waals surface area contributed by atoms with Crippen LogP contribution < -0.4 is 0 Å². The highest BCUT2D eigenvalue weighted by molar-refractivity contribution is 7.87. The third-order valence-electron chi connectivity index (χ3n) is 4.59. The summed E-state index contributed by atoms with van der Waals surface area (Å²) in [6.07, 6.45) is -0.495. The fourth-order valence-corrected chi connectivity index (χ4v) is 7.31. The lowest BCUT2D eigenvalue weighted by molar-refractivity contribution is 0.0759. The molecule has 0 saturated heterocycles. The van der Waals surface area contributed by atoms with Gasteiger partial charge in [0, 0.05) is 6.42 Å². The Bertz CT molecular complexity index is 1150. The lowest BCUT2D eigenvalue weighted by Gasteiger charge is -2.28. The third kappa shape index (κ3) is 6.16. The summed E-state index contributed by atoms with van der Waals surface area (Å²) >= 11 is 35.4. The first-order valence-corrected chi connectivity index (χ1v) is 14.0. The van der Waals surface area contributed by atoms with Crippen molar-refractivity contribution in [2.75, 3.05) is 0 Å². The van der Waals surface area contributed by atoms with Crippen molar-refractivity contribution in [1.82, 2.24) is 0 Å². The van der Waals surface area contributed by atoms with Gasteiger partial charge in [-0.05, 0) is 43.5 Å². The van der Waals surface area contributed by atoms with E-state index in [9.17, 15) is 16.8 Å². The summed E-state index contributed by atoms with van der Waals surface area (Å²) in [5.74, 6) is 0. The Morgan fingerprint density at radius 1 is 0.594 bits per heavy atom. The van der Waals surface area contributed by atoms with Crippen LogP contribution in [0.1, 0.15) is 25.7 Å². The summed E-state index contributed by atoms with van der Waals surface area (Å²) in [5, 5.41) is -0.138. The highest BCUT2D eigenvalue weighted by Crippen LogP contribution is 2.36. The molecule has 0 aromatic heterocycles. The molecule has 6 nitrogen and oxygen atoms in total. The monoisotopic (exact) mass is 600 g/mol. The van der Waals surface area contributed by atoms with Gasteiger partial charge in [-0.1, -0.05) is 69.6 Å². The Labute approximate surface area is 215 Å². The SMILES string of the molecule is O=S(=O)(OC1CCCC(OS(=O)(=O)c2cc(Cl)c(Cl)cc2Cl)C1)c1cc(Cl)c(Cl)cc1Cl. The molecule has 1 saturated carbocycles. The van der Waals surface area contributed by atoms with Crippen LogP contribution in [0.2, 0.25) is 30.1 Å². The molecule has 2 unspecified atom stereocenters. The van der Waals surface area contributed by atoms with Gasteiger partial charge in [0.15, 0.2) is 0 Å². The normalized spacial score (nSPS) is 19.8. The van der Waals surface area contributed by atoms with Gasteiger partial charge in [-0.25, -0.2) is 0 Å². The van der Waals surface area contributed by atoms with Crippen LogP contribution in [0, 0.1) is 0 Å². The molecule has 14 heteroatoms. The fraction of sp³-hybridized carbons (Fsp3) is 0.333. The second-order valence-electron chi connectivity index (χ2n) is 6.90. The third-order valence-corrected chi connectivity index (χ3v) is 9.69. The first-order valence-electron chi connectivity index (χ1n) is 8.96. The van der Waals surface area contributed by atoms with Gasteiger partial charge in [-0.3, -0.25) is 8.37 Å². The zero-order chi connectivity index (χ0) is 23.8. The lowest BCUT2D eigenvalue weighted by atomic mass is 9.95. The van der Waals surface area contributed by atoms with Crippen LogP contribution >= 0.6 is 69.6 Å². The Kier molecular flexibility index (Phi) is 8.58.